The zero-order valence-corrected chi connectivity index (χ0v) is 14.8. The Morgan fingerprint density at radius 3 is 2.64 bits per heavy atom. The first-order valence-electron chi connectivity index (χ1n) is 8.45. The average molecular weight is 387 g/mol. The maximum absolute atomic E-state index is 14.3. The number of carbonyl (C=O) groups is 1. The number of aromatic nitrogens is 4. The Morgan fingerprint density at radius 2 is 2.00 bits per heavy atom. The first-order chi connectivity index (χ1) is 13.4. The lowest BCUT2D eigenvalue weighted by atomic mass is 10.0. The largest absolute Gasteiger partial charge is 0.480 e. The van der Waals surface area contributed by atoms with Crippen LogP contribution in [0.1, 0.15) is 18.4 Å². The van der Waals surface area contributed by atoms with Gasteiger partial charge in [0.25, 0.3) is 5.56 Å². The predicted octanol–water partition coefficient (Wildman–Crippen LogP) is 1.93. The molecule has 28 heavy (non-hydrogen) atoms. The highest BCUT2D eigenvalue weighted by Gasteiger charge is 2.45. The molecule has 8 nitrogen and oxygen atoms in total. The second-order valence-corrected chi connectivity index (χ2v) is 6.47. The number of alkyl halides is 1. The summed E-state index contributed by atoms with van der Waals surface area (Å²) in [6, 6.07) is 4.63. The zero-order chi connectivity index (χ0) is 19.9. The van der Waals surface area contributed by atoms with E-state index in [0.29, 0.717) is 23.8 Å². The van der Waals surface area contributed by atoms with Crippen molar-refractivity contribution in [2.45, 2.75) is 25.1 Å². The third-order valence-electron chi connectivity index (χ3n) is 4.49. The van der Waals surface area contributed by atoms with Crippen LogP contribution in [-0.4, -0.2) is 32.8 Å². The third kappa shape index (κ3) is 3.28. The zero-order valence-electron chi connectivity index (χ0n) is 14.8. The number of nitrogens with zero attached hydrogens (tertiary/aromatic N) is 4. The highest BCUT2D eigenvalue weighted by Crippen LogP contribution is 2.50. The Labute approximate surface area is 157 Å². The molecular formula is C18H15F2N5O3. The average Bonchev–Trinajstić information content (AvgIpc) is 3.44. The van der Waals surface area contributed by atoms with E-state index in [2.05, 4.69) is 20.4 Å². The van der Waals surface area contributed by atoms with E-state index in [4.69, 9.17) is 4.74 Å². The van der Waals surface area contributed by atoms with Crippen LogP contribution in [0.3, 0.4) is 0 Å². The third-order valence-corrected chi connectivity index (χ3v) is 4.49. The minimum atomic E-state index is -1.36. The molecule has 3 aromatic rings. The van der Waals surface area contributed by atoms with Crippen molar-refractivity contribution in [1.29, 1.82) is 0 Å². The summed E-state index contributed by atoms with van der Waals surface area (Å²) in [6.07, 6.45) is 2.69. The summed E-state index contributed by atoms with van der Waals surface area (Å²) in [4.78, 5) is 32.1. The Kier molecular flexibility index (Phi) is 4.25. The standard InChI is InChI=1S/C18H15F2N5O3/c1-28-15-13-6-10(18(20)4-5-18)2-3-12(13)16(27)25(24-15)9-14(26)23-17-21-7-11(19)8-22-17/h2-3,6-8H,4-5,9H2,1H3,(H,21,22,23,26). The molecule has 4 rings (SSSR count). The Morgan fingerprint density at radius 1 is 1.29 bits per heavy atom. The summed E-state index contributed by atoms with van der Waals surface area (Å²) in [5.41, 5.74) is -1.41. The maximum Gasteiger partial charge on any atom is 0.275 e. The molecule has 0 radical (unpaired) electrons. The van der Waals surface area contributed by atoms with E-state index in [9.17, 15) is 18.4 Å². The summed E-state index contributed by atoms with van der Waals surface area (Å²) >= 11 is 0. The van der Waals surface area contributed by atoms with Crippen LogP contribution >= 0.6 is 0 Å². The molecule has 0 aliphatic heterocycles. The van der Waals surface area contributed by atoms with Gasteiger partial charge in [0.1, 0.15) is 12.2 Å². The predicted molar refractivity (Wildman–Crippen MR) is 95.2 cm³/mol. The Bertz CT molecular complexity index is 1130. The van der Waals surface area contributed by atoms with Gasteiger partial charge in [-0.1, -0.05) is 6.07 Å². The van der Waals surface area contributed by atoms with Crippen LogP contribution in [0, 0.1) is 5.82 Å². The molecule has 1 N–H and O–H groups in total. The molecule has 1 aliphatic carbocycles. The number of benzene rings is 1. The highest BCUT2D eigenvalue weighted by atomic mass is 19.1. The lowest BCUT2D eigenvalue weighted by molar-refractivity contribution is -0.117. The lowest BCUT2D eigenvalue weighted by Gasteiger charge is -2.12. The van der Waals surface area contributed by atoms with E-state index in [1.165, 1.54) is 13.2 Å². The van der Waals surface area contributed by atoms with E-state index < -0.39 is 29.5 Å². The van der Waals surface area contributed by atoms with Crippen LogP contribution in [0.5, 0.6) is 5.88 Å². The van der Waals surface area contributed by atoms with Crippen molar-refractivity contribution >= 4 is 22.6 Å². The molecule has 0 atom stereocenters. The van der Waals surface area contributed by atoms with Crippen molar-refractivity contribution in [3.05, 3.63) is 52.3 Å². The number of nitrogens with one attached hydrogen (secondary N) is 1. The molecule has 1 amide bonds. The molecule has 10 heteroatoms. The van der Waals surface area contributed by atoms with Crippen LogP contribution in [0.15, 0.2) is 35.4 Å². The molecule has 1 aliphatic rings. The van der Waals surface area contributed by atoms with Crippen LogP contribution in [0.2, 0.25) is 0 Å². The summed E-state index contributed by atoms with van der Waals surface area (Å²) in [7, 11) is 1.37. The molecule has 0 spiro atoms. The molecular weight excluding hydrogens is 372 g/mol. The molecule has 144 valence electrons. The van der Waals surface area contributed by atoms with Gasteiger partial charge in [-0.2, -0.15) is 0 Å². The minimum absolute atomic E-state index is 0.102. The number of ether oxygens (including phenoxy) is 1. The Balaban J connectivity index is 1.65. The summed E-state index contributed by atoms with van der Waals surface area (Å²) in [5, 5.41) is 7.04. The van der Waals surface area contributed by atoms with Gasteiger partial charge in [0.2, 0.25) is 17.7 Å². The first-order valence-corrected chi connectivity index (χ1v) is 8.45. The summed E-state index contributed by atoms with van der Waals surface area (Å²) in [5.74, 6) is -1.27. The van der Waals surface area contributed by atoms with Crippen molar-refractivity contribution in [2.24, 2.45) is 0 Å². The van der Waals surface area contributed by atoms with Crippen molar-refractivity contribution in [1.82, 2.24) is 19.7 Å². The number of rotatable bonds is 5. The summed E-state index contributed by atoms with van der Waals surface area (Å²) < 4.78 is 33.3. The molecule has 0 saturated heterocycles. The van der Waals surface area contributed by atoms with E-state index in [1.807, 2.05) is 0 Å². The number of methoxy groups -OCH3 is 1. The van der Waals surface area contributed by atoms with Crippen molar-refractivity contribution < 1.29 is 18.3 Å². The van der Waals surface area contributed by atoms with Gasteiger partial charge in [-0.3, -0.25) is 14.9 Å². The molecule has 2 aromatic heterocycles. The highest BCUT2D eigenvalue weighted by molar-refractivity contribution is 5.90. The van der Waals surface area contributed by atoms with Crippen LogP contribution in [0.4, 0.5) is 14.7 Å². The Hall–Kier alpha value is -3.43. The SMILES string of the molecule is COc1nn(CC(=O)Nc2ncc(F)cn2)c(=O)c2ccc(C3(F)CC3)cc12. The monoisotopic (exact) mass is 387 g/mol. The molecule has 1 saturated carbocycles. The fourth-order valence-corrected chi connectivity index (χ4v) is 2.87. The minimum Gasteiger partial charge on any atom is -0.480 e. The van der Waals surface area contributed by atoms with Gasteiger partial charge < -0.3 is 4.74 Å². The van der Waals surface area contributed by atoms with E-state index in [0.717, 1.165) is 17.1 Å². The normalized spacial score (nSPS) is 14.7. The topological polar surface area (TPSA) is 99.0 Å². The number of amides is 1. The van der Waals surface area contributed by atoms with Gasteiger partial charge in [0.15, 0.2) is 5.82 Å². The van der Waals surface area contributed by atoms with Gasteiger partial charge in [-0.05, 0) is 30.5 Å². The fourth-order valence-electron chi connectivity index (χ4n) is 2.87. The number of fused-ring (bicyclic) bond motifs is 1. The van der Waals surface area contributed by atoms with Crippen LogP contribution in [-0.2, 0) is 17.0 Å². The number of halogens is 2. The van der Waals surface area contributed by atoms with Crippen molar-refractivity contribution in [2.75, 3.05) is 12.4 Å². The molecule has 0 bridgehead atoms. The van der Waals surface area contributed by atoms with Gasteiger partial charge in [-0.25, -0.2) is 23.4 Å². The fraction of sp³-hybridized carbons (Fsp3) is 0.278. The van der Waals surface area contributed by atoms with Crippen molar-refractivity contribution in [3.8, 4) is 5.88 Å². The molecule has 1 aromatic carbocycles. The van der Waals surface area contributed by atoms with Gasteiger partial charge in [-0.15, -0.1) is 5.10 Å². The van der Waals surface area contributed by atoms with E-state index >= 15 is 0 Å². The number of anilines is 1. The maximum atomic E-state index is 14.3. The smallest absolute Gasteiger partial charge is 0.275 e. The van der Waals surface area contributed by atoms with Gasteiger partial charge in [0, 0.05) is 0 Å². The van der Waals surface area contributed by atoms with Crippen LogP contribution < -0.4 is 15.6 Å². The first kappa shape index (κ1) is 18.0. The van der Waals surface area contributed by atoms with Crippen LogP contribution in [0.25, 0.3) is 10.8 Å². The van der Waals surface area contributed by atoms with E-state index in [1.54, 1.807) is 12.1 Å². The van der Waals surface area contributed by atoms with Gasteiger partial charge >= 0.3 is 0 Å². The quantitative estimate of drug-likeness (QED) is 0.718. The second kappa shape index (κ2) is 6.63. The molecule has 0 unspecified atom stereocenters. The van der Waals surface area contributed by atoms with Gasteiger partial charge in [0.05, 0.1) is 30.3 Å². The van der Waals surface area contributed by atoms with E-state index in [-0.39, 0.29) is 17.2 Å². The summed E-state index contributed by atoms with van der Waals surface area (Å²) in [6.45, 7) is -0.430. The number of carbonyl (C=O) groups excluding carboxylic acids is 1. The molecule has 2 heterocycles. The van der Waals surface area contributed by atoms with Crippen molar-refractivity contribution in [3.63, 3.8) is 0 Å². The molecule has 1 fully saturated rings. The number of hydrogen-bond donors (Lipinski definition) is 1. The number of hydrogen-bond acceptors (Lipinski definition) is 6. The lowest BCUT2D eigenvalue weighted by Crippen LogP contribution is -2.30. The second-order valence-electron chi connectivity index (χ2n) is 6.47.